The Labute approximate surface area is 191 Å². The van der Waals surface area contributed by atoms with Gasteiger partial charge < -0.3 is 14.8 Å². The molecule has 0 bridgehead atoms. The zero-order valence-electron chi connectivity index (χ0n) is 18.0. The highest BCUT2D eigenvalue weighted by molar-refractivity contribution is 8.00. The summed E-state index contributed by atoms with van der Waals surface area (Å²) in [5.74, 6) is 2.16. The number of hydrogen-bond donors (Lipinski definition) is 1. The van der Waals surface area contributed by atoms with Crippen LogP contribution < -0.4 is 14.8 Å². The van der Waals surface area contributed by atoms with Crippen molar-refractivity contribution in [2.75, 3.05) is 6.79 Å². The maximum absolute atomic E-state index is 12.8. The molecule has 1 N–H and O–H groups in total. The molecule has 3 aromatic rings. The molecule has 2 aliphatic rings. The second-order valence-corrected chi connectivity index (χ2v) is 9.46. The van der Waals surface area contributed by atoms with E-state index in [0.717, 1.165) is 29.8 Å². The third-order valence-corrected chi connectivity index (χ3v) is 6.92. The van der Waals surface area contributed by atoms with Gasteiger partial charge in [0.1, 0.15) is 0 Å². The highest BCUT2D eigenvalue weighted by Gasteiger charge is 2.25. The number of para-hydroxylation sites is 1. The molecule has 0 spiro atoms. The molecular weight excluding hydrogens is 424 g/mol. The zero-order chi connectivity index (χ0) is 21.9. The second-order valence-electron chi connectivity index (χ2n) is 8.15. The van der Waals surface area contributed by atoms with Crippen LogP contribution in [0.4, 0.5) is 0 Å². The largest absolute Gasteiger partial charge is 0.454 e. The molecule has 1 atom stereocenters. The van der Waals surface area contributed by atoms with E-state index in [1.807, 2.05) is 60.0 Å². The van der Waals surface area contributed by atoms with Crippen LogP contribution in [0.5, 0.6) is 11.5 Å². The minimum atomic E-state index is -0.284. The van der Waals surface area contributed by atoms with Crippen molar-refractivity contribution in [2.45, 2.75) is 55.5 Å². The van der Waals surface area contributed by atoms with Crippen LogP contribution in [0, 0.1) is 0 Å². The second kappa shape index (κ2) is 9.24. The van der Waals surface area contributed by atoms with Crippen LogP contribution in [0.25, 0.3) is 17.1 Å². The minimum absolute atomic E-state index is 0.0501. The number of amides is 1. The molecule has 166 valence electrons. The van der Waals surface area contributed by atoms with E-state index in [9.17, 15) is 4.79 Å². The van der Waals surface area contributed by atoms with E-state index in [1.54, 1.807) is 0 Å². The molecule has 1 aliphatic carbocycles. The standard InChI is InChI=1S/C24H26N4O3S/c1-16(23(29)25-18-8-4-2-5-9-18)32-24-27-26-22(28(24)19-10-6-3-7-11-19)17-12-13-20-21(14-17)31-15-30-20/h3,6-7,10-14,16,18H,2,4-5,8-9,15H2,1H3,(H,25,29). The molecule has 1 aliphatic heterocycles. The first-order chi connectivity index (χ1) is 15.7. The van der Waals surface area contributed by atoms with Gasteiger partial charge in [0.2, 0.25) is 12.7 Å². The van der Waals surface area contributed by atoms with Crippen LogP contribution in [-0.4, -0.2) is 38.8 Å². The van der Waals surface area contributed by atoms with Gasteiger partial charge >= 0.3 is 0 Å². The number of fused-ring (bicyclic) bond motifs is 1. The van der Waals surface area contributed by atoms with Gasteiger partial charge in [0.25, 0.3) is 0 Å². The predicted molar refractivity (Wildman–Crippen MR) is 123 cm³/mol. The number of hydrogen-bond acceptors (Lipinski definition) is 6. The van der Waals surface area contributed by atoms with Crippen LogP contribution in [0.1, 0.15) is 39.0 Å². The van der Waals surface area contributed by atoms with E-state index in [-0.39, 0.29) is 24.0 Å². The molecule has 1 amide bonds. The lowest BCUT2D eigenvalue weighted by Gasteiger charge is -2.24. The van der Waals surface area contributed by atoms with E-state index in [2.05, 4.69) is 15.5 Å². The van der Waals surface area contributed by atoms with Gasteiger partial charge in [-0.05, 0) is 50.1 Å². The van der Waals surface area contributed by atoms with Gasteiger partial charge in [-0.3, -0.25) is 9.36 Å². The summed E-state index contributed by atoms with van der Waals surface area (Å²) in [4.78, 5) is 12.8. The highest BCUT2D eigenvalue weighted by atomic mass is 32.2. The zero-order valence-corrected chi connectivity index (χ0v) is 18.8. The summed E-state index contributed by atoms with van der Waals surface area (Å²) in [5, 5.41) is 12.5. The molecule has 7 nitrogen and oxygen atoms in total. The third kappa shape index (κ3) is 4.32. The molecule has 1 fully saturated rings. The van der Waals surface area contributed by atoms with Gasteiger partial charge in [0, 0.05) is 17.3 Å². The van der Waals surface area contributed by atoms with Crippen molar-refractivity contribution < 1.29 is 14.3 Å². The summed E-state index contributed by atoms with van der Waals surface area (Å²) in [6.45, 7) is 2.14. The molecule has 32 heavy (non-hydrogen) atoms. The fourth-order valence-corrected chi connectivity index (χ4v) is 5.03. The molecule has 0 radical (unpaired) electrons. The number of aromatic nitrogens is 3. The number of thioether (sulfide) groups is 1. The predicted octanol–water partition coefficient (Wildman–Crippen LogP) is 4.59. The van der Waals surface area contributed by atoms with Crippen molar-refractivity contribution in [3.8, 4) is 28.6 Å². The normalized spacial score (nSPS) is 16.7. The van der Waals surface area contributed by atoms with E-state index in [1.165, 1.54) is 31.0 Å². The monoisotopic (exact) mass is 450 g/mol. The Morgan fingerprint density at radius 2 is 1.84 bits per heavy atom. The Morgan fingerprint density at radius 1 is 1.06 bits per heavy atom. The average molecular weight is 451 g/mol. The van der Waals surface area contributed by atoms with Crippen LogP contribution in [0.3, 0.4) is 0 Å². The number of carbonyl (C=O) groups is 1. The minimum Gasteiger partial charge on any atom is -0.454 e. The van der Waals surface area contributed by atoms with Gasteiger partial charge in [-0.15, -0.1) is 10.2 Å². The van der Waals surface area contributed by atoms with Crippen LogP contribution >= 0.6 is 11.8 Å². The summed E-state index contributed by atoms with van der Waals surface area (Å²) in [7, 11) is 0. The molecule has 8 heteroatoms. The quantitative estimate of drug-likeness (QED) is 0.554. The molecule has 2 heterocycles. The van der Waals surface area contributed by atoms with Gasteiger partial charge in [-0.25, -0.2) is 0 Å². The number of nitrogens with zero attached hydrogens (tertiary/aromatic N) is 3. The van der Waals surface area contributed by atoms with Gasteiger partial charge in [0.05, 0.1) is 5.25 Å². The Bertz CT molecular complexity index is 1100. The smallest absolute Gasteiger partial charge is 0.233 e. The van der Waals surface area contributed by atoms with E-state index in [0.29, 0.717) is 16.7 Å². The topological polar surface area (TPSA) is 78.3 Å². The fraction of sp³-hybridized carbons (Fsp3) is 0.375. The number of carbonyl (C=O) groups excluding carboxylic acids is 1. The van der Waals surface area contributed by atoms with E-state index < -0.39 is 0 Å². The lowest BCUT2D eigenvalue weighted by molar-refractivity contribution is -0.121. The Balaban J connectivity index is 1.43. The van der Waals surface area contributed by atoms with Crippen molar-refractivity contribution in [1.29, 1.82) is 0 Å². The van der Waals surface area contributed by atoms with Crippen LogP contribution in [-0.2, 0) is 4.79 Å². The number of ether oxygens (including phenoxy) is 2. The third-order valence-electron chi connectivity index (χ3n) is 5.88. The SMILES string of the molecule is CC(Sc1nnc(-c2ccc3c(c2)OCO3)n1-c1ccccc1)C(=O)NC1CCCCC1. The first-order valence-corrected chi connectivity index (χ1v) is 11.9. The first-order valence-electron chi connectivity index (χ1n) is 11.1. The van der Waals surface area contributed by atoms with Gasteiger partial charge in [0.15, 0.2) is 22.5 Å². The maximum Gasteiger partial charge on any atom is 0.233 e. The summed E-state index contributed by atoms with van der Waals surface area (Å²) < 4.78 is 13.0. The molecule has 2 aromatic carbocycles. The van der Waals surface area contributed by atoms with Crippen molar-refractivity contribution in [3.05, 3.63) is 48.5 Å². The Hall–Kier alpha value is -3.00. The van der Waals surface area contributed by atoms with E-state index >= 15 is 0 Å². The van der Waals surface area contributed by atoms with Gasteiger partial charge in [-0.2, -0.15) is 0 Å². The Kier molecular flexibility index (Phi) is 6.03. The van der Waals surface area contributed by atoms with Crippen molar-refractivity contribution in [1.82, 2.24) is 20.1 Å². The average Bonchev–Trinajstić information content (AvgIpc) is 3.46. The van der Waals surface area contributed by atoms with Crippen molar-refractivity contribution >= 4 is 17.7 Å². The lowest BCUT2D eigenvalue weighted by Crippen LogP contribution is -2.40. The molecule has 1 saturated carbocycles. The number of rotatable bonds is 6. The van der Waals surface area contributed by atoms with Crippen LogP contribution in [0.2, 0.25) is 0 Å². The molecular formula is C24H26N4O3S. The summed E-state index contributed by atoms with van der Waals surface area (Å²) in [5.41, 5.74) is 1.81. The van der Waals surface area contributed by atoms with Crippen molar-refractivity contribution in [3.63, 3.8) is 0 Å². The maximum atomic E-state index is 12.8. The summed E-state index contributed by atoms with van der Waals surface area (Å²) in [6, 6.07) is 16.0. The van der Waals surface area contributed by atoms with Gasteiger partial charge in [-0.1, -0.05) is 49.2 Å². The molecule has 0 saturated heterocycles. The summed E-state index contributed by atoms with van der Waals surface area (Å²) >= 11 is 1.42. The first kappa shape index (κ1) is 20.9. The summed E-state index contributed by atoms with van der Waals surface area (Å²) in [6.07, 6.45) is 5.77. The Morgan fingerprint density at radius 3 is 2.66 bits per heavy atom. The number of nitrogens with one attached hydrogen (secondary N) is 1. The number of benzene rings is 2. The van der Waals surface area contributed by atoms with Crippen LogP contribution in [0.15, 0.2) is 53.7 Å². The highest BCUT2D eigenvalue weighted by Crippen LogP contribution is 2.37. The molecule has 1 aromatic heterocycles. The lowest BCUT2D eigenvalue weighted by atomic mass is 9.95. The van der Waals surface area contributed by atoms with E-state index in [4.69, 9.17) is 9.47 Å². The van der Waals surface area contributed by atoms with Crippen molar-refractivity contribution in [2.24, 2.45) is 0 Å². The molecule has 1 unspecified atom stereocenters. The fourth-order valence-electron chi connectivity index (χ4n) is 4.16. The molecule has 5 rings (SSSR count).